The average molecular weight is 200 g/mol. The number of hydrogen-bond donors (Lipinski definition) is 0. The van der Waals surface area contributed by atoms with Gasteiger partial charge in [-0.2, -0.15) is 0 Å². The first kappa shape index (κ1) is 13.6. The van der Waals surface area contributed by atoms with Gasteiger partial charge in [-0.1, -0.05) is 27.7 Å². The van der Waals surface area contributed by atoms with Crippen LogP contribution < -0.4 is 0 Å². The minimum Gasteiger partial charge on any atom is -0.365 e. The van der Waals surface area contributed by atoms with Crippen LogP contribution in [0.5, 0.6) is 0 Å². The molecule has 2 unspecified atom stereocenters. The van der Waals surface area contributed by atoms with Crippen LogP contribution in [-0.4, -0.2) is 18.0 Å². The van der Waals surface area contributed by atoms with Crippen molar-refractivity contribution in [2.75, 3.05) is 0 Å². The van der Waals surface area contributed by atoms with Crippen molar-refractivity contribution in [3.63, 3.8) is 0 Å². The summed E-state index contributed by atoms with van der Waals surface area (Å²) in [5.74, 6) is 0. The Labute approximate surface area is 88.0 Å². The Balaban J connectivity index is 4.17. The Bertz CT molecular complexity index is 181. The Morgan fingerprint density at radius 2 is 1.79 bits per heavy atom. The highest BCUT2D eigenvalue weighted by atomic mass is 16.5. The summed E-state index contributed by atoms with van der Waals surface area (Å²) in [5, 5.41) is 0. The summed E-state index contributed by atoms with van der Waals surface area (Å²) in [5.41, 5.74) is -0.360. The van der Waals surface area contributed by atoms with E-state index in [0.29, 0.717) is 0 Å². The van der Waals surface area contributed by atoms with Crippen molar-refractivity contribution >= 4 is 6.29 Å². The SMILES string of the molecule is CCC(C)(C=O)OC(C)CC(C)(C)C. The molecule has 0 aromatic heterocycles. The van der Waals surface area contributed by atoms with E-state index in [1.807, 2.05) is 20.8 Å². The van der Waals surface area contributed by atoms with Crippen LogP contribution in [0.25, 0.3) is 0 Å². The molecule has 0 aliphatic heterocycles. The molecule has 0 bridgehead atoms. The van der Waals surface area contributed by atoms with Gasteiger partial charge in [0.1, 0.15) is 5.60 Å². The molecule has 0 radical (unpaired) electrons. The Hall–Kier alpha value is -0.370. The van der Waals surface area contributed by atoms with Crippen LogP contribution in [0.15, 0.2) is 0 Å². The predicted molar refractivity (Wildman–Crippen MR) is 59.4 cm³/mol. The zero-order chi connectivity index (χ0) is 11.4. The Kier molecular flexibility index (Phi) is 4.79. The average Bonchev–Trinajstić information content (AvgIpc) is 2.00. The minimum absolute atomic E-state index is 0.130. The normalized spacial score (nSPS) is 18.7. The minimum atomic E-state index is -0.606. The quantitative estimate of drug-likeness (QED) is 0.637. The molecule has 14 heavy (non-hydrogen) atoms. The molecule has 0 heterocycles. The third kappa shape index (κ3) is 5.38. The van der Waals surface area contributed by atoms with Crippen LogP contribution in [0.2, 0.25) is 0 Å². The summed E-state index contributed by atoms with van der Waals surface area (Å²) in [7, 11) is 0. The lowest BCUT2D eigenvalue weighted by Crippen LogP contribution is -2.35. The lowest BCUT2D eigenvalue weighted by atomic mass is 9.89. The molecule has 84 valence electrons. The first-order valence-electron chi connectivity index (χ1n) is 5.36. The van der Waals surface area contributed by atoms with Crippen LogP contribution in [0.1, 0.15) is 54.4 Å². The molecule has 2 heteroatoms. The number of hydrogen-bond acceptors (Lipinski definition) is 2. The molecular weight excluding hydrogens is 176 g/mol. The second-order valence-electron chi connectivity index (χ2n) is 5.48. The van der Waals surface area contributed by atoms with Crippen molar-refractivity contribution in [2.45, 2.75) is 66.1 Å². The monoisotopic (exact) mass is 200 g/mol. The highest BCUT2D eigenvalue weighted by Gasteiger charge is 2.26. The van der Waals surface area contributed by atoms with Crippen LogP contribution in [0.3, 0.4) is 0 Å². The molecule has 0 saturated heterocycles. The standard InChI is InChI=1S/C12H24O2/c1-7-12(6,9-13)14-10(2)8-11(3,4)5/h9-10H,7-8H2,1-6H3. The van der Waals surface area contributed by atoms with Gasteiger partial charge in [-0.25, -0.2) is 0 Å². The van der Waals surface area contributed by atoms with E-state index in [-0.39, 0.29) is 11.5 Å². The van der Waals surface area contributed by atoms with Gasteiger partial charge in [0.2, 0.25) is 0 Å². The molecule has 0 fully saturated rings. The second kappa shape index (κ2) is 4.92. The first-order chi connectivity index (χ1) is 6.22. The summed E-state index contributed by atoms with van der Waals surface area (Å²) in [4.78, 5) is 10.8. The van der Waals surface area contributed by atoms with Gasteiger partial charge in [-0.15, -0.1) is 0 Å². The fourth-order valence-corrected chi connectivity index (χ4v) is 1.56. The molecule has 2 atom stereocenters. The fraction of sp³-hybridized carbons (Fsp3) is 0.917. The van der Waals surface area contributed by atoms with Crippen molar-refractivity contribution < 1.29 is 9.53 Å². The molecule has 0 aromatic carbocycles. The van der Waals surface area contributed by atoms with Crippen molar-refractivity contribution in [1.29, 1.82) is 0 Å². The third-order valence-corrected chi connectivity index (χ3v) is 2.32. The van der Waals surface area contributed by atoms with Crippen LogP contribution >= 0.6 is 0 Å². The number of carbonyl (C=O) groups is 1. The maximum Gasteiger partial charge on any atom is 0.151 e. The molecular formula is C12H24O2. The molecule has 0 N–H and O–H groups in total. The fourth-order valence-electron chi connectivity index (χ4n) is 1.56. The molecule has 2 nitrogen and oxygen atoms in total. The van der Waals surface area contributed by atoms with Gasteiger partial charge in [0.25, 0.3) is 0 Å². The topological polar surface area (TPSA) is 26.3 Å². The van der Waals surface area contributed by atoms with E-state index in [1.54, 1.807) is 0 Å². The van der Waals surface area contributed by atoms with Gasteiger partial charge in [0, 0.05) is 0 Å². The summed E-state index contributed by atoms with van der Waals surface area (Å²) in [6, 6.07) is 0. The molecule has 0 saturated carbocycles. The van der Waals surface area contributed by atoms with E-state index in [0.717, 1.165) is 19.1 Å². The van der Waals surface area contributed by atoms with Crippen molar-refractivity contribution in [2.24, 2.45) is 5.41 Å². The summed E-state index contributed by atoms with van der Waals surface area (Å²) in [6.07, 6.45) is 2.73. The van der Waals surface area contributed by atoms with Gasteiger partial charge >= 0.3 is 0 Å². The van der Waals surface area contributed by atoms with E-state index >= 15 is 0 Å². The van der Waals surface area contributed by atoms with Crippen molar-refractivity contribution in [1.82, 2.24) is 0 Å². The first-order valence-corrected chi connectivity index (χ1v) is 5.36. The predicted octanol–water partition coefficient (Wildman–Crippen LogP) is 3.20. The van der Waals surface area contributed by atoms with Crippen molar-refractivity contribution in [3.05, 3.63) is 0 Å². The van der Waals surface area contributed by atoms with E-state index in [1.165, 1.54) is 0 Å². The molecule has 0 amide bonds. The van der Waals surface area contributed by atoms with Gasteiger partial charge in [0.15, 0.2) is 6.29 Å². The van der Waals surface area contributed by atoms with E-state index < -0.39 is 5.60 Å². The lowest BCUT2D eigenvalue weighted by molar-refractivity contribution is -0.138. The summed E-state index contributed by atoms with van der Waals surface area (Å²) >= 11 is 0. The van der Waals surface area contributed by atoms with Gasteiger partial charge in [-0.05, 0) is 32.1 Å². The highest BCUT2D eigenvalue weighted by Crippen LogP contribution is 2.25. The smallest absolute Gasteiger partial charge is 0.151 e. The van der Waals surface area contributed by atoms with Crippen LogP contribution in [0.4, 0.5) is 0 Å². The molecule has 0 spiro atoms. The maximum atomic E-state index is 10.8. The summed E-state index contributed by atoms with van der Waals surface area (Å²) in [6.45, 7) is 12.4. The number of ether oxygens (including phenoxy) is 1. The van der Waals surface area contributed by atoms with Gasteiger partial charge < -0.3 is 9.53 Å². The van der Waals surface area contributed by atoms with Crippen LogP contribution in [-0.2, 0) is 9.53 Å². The van der Waals surface area contributed by atoms with Gasteiger partial charge in [0.05, 0.1) is 6.10 Å². The molecule has 0 aliphatic rings. The van der Waals surface area contributed by atoms with Crippen molar-refractivity contribution in [3.8, 4) is 0 Å². The maximum absolute atomic E-state index is 10.8. The molecule has 0 aromatic rings. The van der Waals surface area contributed by atoms with E-state index in [4.69, 9.17) is 4.74 Å². The van der Waals surface area contributed by atoms with Gasteiger partial charge in [-0.3, -0.25) is 0 Å². The zero-order valence-corrected chi connectivity index (χ0v) is 10.4. The van der Waals surface area contributed by atoms with E-state index in [9.17, 15) is 4.79 Å². The Morgan fingerprint density at radius 1 is 1.29 bits per heavy atom. The Morgan fingerprint density at radius 3 is 2.07 bits per heavy atom. The lowest BCUT2D eigenvalue weighted by Gasteiger charge is -2.30. The van der Waals surface area contributed by atoms with Crippen LogP contribution in [0, 0.1) is 5.41 Å². The second-order valence-corrected chi connectivity index (χ2v) is 5.48. The largest absolute Gasteiger partial charge is 0.365 e. The van der Waals surface area contributed by atoms with E-state index in [2.05, 4.69) is 20.8 Å². The highest BCUT2D eigenvalue weighted by molar-refractivity contribution is 5.61. The third-order valence-electron chi connectivity index (χ3n) is 2.32. The molecule has 0 rings (SSSR count). The number of aldehydes is 1. The number of carbonyl (C=O) groups excluding carboxylic acids is 1. The molecule has 0 aliphatic carbocycles. The zero-order valence-electron chi connectivity index (χ0n) is 10.4. The summed E-state index contributed by atoms with van der Waals surface area (Å²) < 4.78 is 5.74. The number of rotatable bonds is 5.